The molecular formula is C102H162ClF3O3. The fourth-order valence-electron chi connectivity index (χ4n) is 22.9. The van der Waals surface area contributed by atoms with Gasteiger partial charge in [0, 0.05) is 31.6 Å². The Morgan fingerprint density at radius 2 is 0.606 bits per heavy atom. The molecule has 10 fully saturated rings. The van der Waals surface area contributed by atoms with Gasteiger partial charge in [0.15, 0.2) is 0 Å². The van der Waals surface area contributed by atoms with Crippen LogP contribution in [0.5, 0.6) is 0 Å². The zero-order valence-electron chi connectivity index (χ0n) is 71.1. The fourth-order valence-corrected chi connectivity index (χ4v) is 22.9. The second-order valence-corrected chi connectivity index (χ2v) is 37.4. The molecule has 1 aliphatic heterocycles. The van der Waals surface area contributed by atoms with Crippen LogP contribution in [0.25, 0.3) is 0 Å². The largest absolute Gasteiger partial charge is 0.394 e. The number of aliphatic hydroxyl groups is 1. The number of benzene rings is 3. The van der Waals surface area contributed by atoms with Crippen LogP contribution in [0, 0.1) is 88.5 Å². The molecule has 0 spiro atoms. The van der Waals surface area contributed by atoms with Crippen molar-refractivity contribution in [2.45, 2.75) is 411 Å². The summed E-state index contributed by atoms with van der Waals surface area (Å²) < 4.78 is 50.6. The number of aldehydes is 1. The number of carbonyl (C=O) groups excluding carboxylic acids is 1. The number of carbonyl (C=O) groups is 1. The number of hydrogen-bond acceptors (Lipinski definition) is 3. The van der Waals surface area contributed by atoms with Crippen molar-refractivity contribution >= 4 is 17.9 Å². The number of hydrogen-bond donors (Lipinski definition) is 1. The first-order chi connectivity index (χ1) is 53.3. The molecule has 0 aromatic heterocycles. The van der Waals surface area contributed by atoms with Crippen LogP contribution in [-0.2, 0) is 9.53 Å². The van der Waals surface area contributed by atoms with Crippen molar-refractivity contribution in [2.24, 2.45) is 71.0 Å². The molecule has 9 saturated carbocycles. The van der Waals surface area contributed by atoms with E-state index >= 15 is 13.2 Å². The average molecular weight is 1530 g/mol. The lowest BCUT2D eigenvalue weighted by Crippen LogP contribution is -2.26. The molecule has 0 radical (unpaired) electrons. The summed E-state index contributed by atoms with van der Waals surface area (Å²) in [5.41, 5.74) is 6.80. The van der Waals surface area contributed by atoms with Gasteiger partial charge in [-0.2, -0.15) is 0 Å². The molecule has 3 aromatic rings. The van der Waals surface area contributed by atoms with Crippen molar-refractivity contribution in [3.05, 3.63) is 130 Å². The number of halogens is 4. The number of aliphatic hydroxyl groups excluding tert-OH is 1. The van der Waals surface area contributed by atoms with Crippen LogP contribution in [0.3, 0.4) is 0 Å². The van der Waals surface area contributed by atoms with E-state index in [0.29, 0.717) is 41.4 Å². The van der Waals surface area contributed by atoms with Crippen molar-refractivity contribution < 1.29 is 27.8 Å². The Bertz CT molecular complexity index is 2780. The summed E-state index contributed by atoms with van der Waals surface area (Å²) in [5, 5.41) is 8.06. The number of unbranched alkanes of at least 4 members (excludes halogenated alkanes) is 6. The van der Waals surface area contributed by atoms with E-state index in [1.165, 1.54) is 325 Å². The molecule has 0 bridgehead atoms. The monoisotopic (exact) mass is 1530 g/mol. The van der Waals surface area contributed by atoms with Crippen LogP contribution in [0.1, 0.15) is 438 Å². The molecule has 616 valence electrons. The third-order valence-corrected chi connectivity index (χ3v) is 29.7. The van der Waals surface area contributed by atoms with Crippen molar-refractivity contribution in [3.8, 4) is 0 Å². The maximum absolute atomic E-state index is 15.2. The highest BCUT2D eigenvalue weighted by Gasteiger charge is 2.37. The lowest BCUT2D eigenvalue weighted by molar-refractivity contribution is -0.112. The van der Waals surface area contributed by atoms with Gasteiger partial charge in [0.1, 0.15) is 23.7 Å². The smallest absolute Gasteiger partial charge is 0.126 e. The van der Waals surface area contributed by atoms with Gasteiger partial charge in [0.2, 0.25) is 0 Å². The SMILES string of the molecule is C/C=C/C1CCC(C2CCC(c3ccc(C4CCC(CCCCC)CC4)cc3F)CC2)CC1.C/C=C\C1CCC(C2CCC(c3ccc(C4CCC(CCCCC)CC4)cc3F)CC2)CC1.C1CCOC1.CC(C)O.CCCCCC1CCC(c2ccc(C3CCC(C4CCC(C=O)CC4)CC3)c(F)c2)CC1.CCl. The van der Waals surface area contributed by atoms with E-state index in [1.54, 1.807) is 13.8 Å². The summed E-state index contributed by atoms with van der Waals surface area (Å²) in [4.78, 5) is 11.0. The number of alkyl halides is 1. The molecule has 109 heavy (non-hydrogen) atoms. The van der Waals surface area contributed by atoms with Crippen molar-refractivity contribution in [1.29, 1.82) is 0 Å². The Balaban J connectivity index is 0.000000192. The van der Waals surface area contributed by atoms with Crippen LogP contribution in [-0.4, -0.2) is 37.1 Å². The summed E-state index contributed by atoms with van der Waals surface area (Å²) in [6.07, 6.45) is 76.9. The Morgan fingerprint density at radius 3 is 0.817 bits per heavy atom. The van der Waals surface area contributed by atoms with Gasteiger partial charge in [-0.25, -0.2) is 13.2 Å². The van der Waals surface area contributed by atoms with Gasteiger partial charge in [0.25, 0.3) is 0 Å². The topological polar surface area (TPSA) is 46.5 Å². The van der Waals surface area contributed by atoms with E-state index in [1.807, 2.05) is 18.2 Å². The van der Waals surface area contributed by atoms with E-state index in [2.05, 4.69) is 107 Å². The molecule has 10 aliphatic rings. The van der Waals surface area contributed by atoms with Crippen LogP contribution in [0.2, 0.25) is 0 Å². The normalized spacial score (nSPS) is 31.6. The summed E-state index contributed by atoms with van der Waals surface area (Å²) in [6, 6.07) is 19.1. The molecular weight excluding hydrogens is 1370 g/mol. The zero-order valence-corrected chi connectivity index (χ0v) is 71.9. The van der Waals surface area contributed by atoms with E-state index in [0.717, 1.165) is 121 Å². The first-order valence-corrected chi connectivity index (χ1v) is 47.7. The van der Waals surface area contributed by atoms with Crippen LogP contribution >= 0.6 is 11.6 Å². The van der Waals surface area contributed by atoms with Gasteiger partial charge in [0.05, 0.1) is 0 Å². The predicted molar refractivity (Wildman–Crippen MR) is 461 cm³/mol. The standard InChI is InChI=1S/2C32H49F.C30H45FO.C4H8O.C3H8O.CH3Cl/c2*1-3-5-6-8-25-11-15-28(16-12-25)30-21-22-31(32(33)23-30)29-19-17-27(18-20-29)26-13-9-24(7-4-2)10-14-26;1-2-3-4-5-22-6-10-26(11-7-22)28-18-19-29(30(31)20-28)27-16-14-25(15-17-27)24-12-8-23(21-32)9-13-24;1-2-4-5-3-1;1-3(2)4;1-2/h2*4,7,21-29H,3,5-6,8-20H2,1-2H3;18-27H,2-17H2,1H3;1-4H2;3-4H,1-2H3;1H3/b7-4+;7-4-;;;;. The van der Waals surface area contributed by atoms with E-state index < -0.39 is 0 Å². The number of allylic oxidation sites excluding steroid dienone is 4. The van der Waals surface area contributed by atoms with Gasteiger partial charge in [-0.15, -0.1) is 11.6 Å². The third-order valence-electron chi connectivity index (χ3n) is 29.7. The summed E-state index contributed by atoms with van der Waals surface area (Å²) >= 11 is 4.64. The molecule has 1 N–H and O–H groups in total. The number of ether oxygens (including phenoxy) is 1. The molecule has 3 nitrogen and oxygen atoms in total. The molecule has 13 rings (SSSR count). The van der Waals surface area contributed by atoms with E-state index in [9.17, 15) is 4.79 Å². The predicted octanol–water partition coefficient (Wildman–Crippen LogP) is 31.7. The van der Waals surface area contributed by atoms with E-state index in [-0.39, 0.29) is 23.6 Å². The Morgan fingerprint density at radius 1 is 0.367 bits per heavy atom. The number of rotatable bonds is 24. The highest BCUT2D eigenvalue weighted by atomic mass is 35.5. The Hall–Kier alpha value is -3.19. The molecule has 7 heteroatoms. The highest BCUT2D eigenvalue weighted by Crippen LogP contribution is 2.50. The fraction of sp³-hybridized carbons (Fsp3) is 0.775. The van der Waals surface area contributed by atoms with Crippen molar-refractivity contribution in [2.75, 3.05) is 19.6 Å². The minimum atomic E-state index is -0.167. The molecule has 3 aromatic carbocycles. The molecule has 9 aliphatic carbocycles. The van der Waals surface area contributed by atoms with Gasteiger partial charge in [-0.1, -0.05) is 159 Å². The summed E-state index contributed by atoms with van der Waals surface area (Å²) in [6.45, 7) is 16.6. The third kappa shape index (κ3) is 30.7. The average Bonchev–Trinajstić information content (AvgIpc) is 1.46. The maximum Gasteiger partial charge on any atom is 0.126 e. The van der Waals surface area contributed by atoms with Crippen molar-refractivity contribution in [3.63, 3.8) is 0 Å². The Kier molecular flexibility index (Phi) is 43.3. The quantitative estimate of drug-likeness (QED) is 0.0421. The first-order valence-electron chi connectivity index (χ1n) is 47.0. The zero-order chi connectivity index (χ0) is 77.5. The lowest BCUT2D eigenvalue weighted by Gasteiger charge is -2.37. The second-order valence-electron chi connectivity index (χ2n) is 37.4. The summed E-state index contributed by atoms with van der Waals surface area (Å²) in [7, 11) is 0. The van der Waals surface area contributed by atoms with Crippen LogP contribution < -0.4 is 0 Å². The minimum absolute atomic E-state index is 0.0579. The Labute approximate surface area is 673 Å². The van der Waals surface area contributed by atoms with E-state index in [4.69, 9.17) is 9.84 Å². The molecule has 0 unspecified atom stereocenters. The first kappa shape index (κ1) is 91.3. The summed E-state index contributed by atoms with van der Waals surface area (Å²) in [5.74, 6) is 13.2. The molecule has 0 amide bonds. The van der Waals surface area contributed by atoms with Crippen molar-refractivity contribution in [1.82, 2.24) is 0 Å². The lowest BCUT2D eigenvalue weighted by atomic mass is 9.68. The van der Waals surface area contributed by atoms with Crippen LogP contribution in [0.15, 0.2) is 78.9 Å². The highest BCUT2D eigenvalue weighted by molar-refractivity contribution is 6.15. The maximum atomic E-state index is 15.2. The van der Waals surface area contributed by atoms with Gasteiger partial charge in [-0.3, -0.25) is 0 Å². The second kappa shape index (κ2) is 51.7. The minimum Gasteiger partial charge on any atom is -0.394 e. The molecule has 1 heterocycles. The van der Waals surface area contributed by atoms with Gasteiger partial charge < -0.3 is 14.6 Å². The van der Waals surface area contributed by atoms with Gasteiger partial charge in [-0.05, 0) is 424 Å². The molecule has 0 atom stereocenters. The van der Waals surface area contributed by atoms with Crippen LogP contribution in [0.4, 0.5) is 13.2 Å². The molecule has 1 saturated heterocycles. The van der Waals surface area contributed by atoms with Gasteiger partial charge >= 0.3 is 0 Å².